The highest BCUT2D eigenvalue weighted by Crippen LogP contribution is 2.37. The molecule has 142 valence electrons. The molecule has 1 nitrogen and oxygen atoms in total. The Morgan fingerprint density at radius 2 is 1.60 bits per heavy atom. The van der Waals surface area contributed by atoms with E-state index in [4.69, 9.17) is 16.0 Å². The third-order valence-electron chi connectivity index (χ3n) is 5.32. The average Bonchev–Trinajstić information content (AvgIpc) is 2.65. The van der Waals surface area contributed by atoms with Gasteiger partial charge in [0.15, 0.2) is 8.32 Å². The van der Waals surface area contributed by atoms with Crippen LogP contribution in [0.2, 0.25) is 23.2 Å². The lowest BCUT2D eigenvalue weighted by molar-refractivity contribution is 0.220. The lowest BCUT2D eigenvalue weighted by atomic mass is 9.96. The van der Waals surface area contributed by atoms with Crippen molar-refractivity contribution in [1.82, 2.24) is 0 Å². The number of benzene rings is 1. The second kappa shape index (κ2) is 11.9. The number of hydrogen-bond donors (Lipinski definition) is 0. The van der Waals surface area contributed by atoms with E-state index in [9.17, 15) is 0 Å². The van der Waals surface area contributed by atoms with Gasteiger partial charge in [0.05, 0.1) is 6.10 Å². The summed E-state index contributed by atoms with van der Waals surface area (Å²) in [4.78, 5) is 0. The fourth-order valence-corrected chi connectivity index (χ4v) is 6.21. The van der Waals surface area contributed by atoms with Crippen LogP contribution in [0.1, 0.15) is 78.4 Å². The van der Waals surface area contributed by atoms with Crippen LogP contribution in [0.4, 0.5) is 0 Å². The van der Waals surface area contributed by atoms with Gasteiger partial charge in [-0.15, -0.1) is 0 Å². The molecule has 0 heterocycles. The van der Waals surface area contributed by atoms with Crippen LogP contribution in [0.15, 0.2) is 35.9 Å². The summed E-state index contributed by atoms with van der Waals surface area (Å²) < 4.78 is 7.00. The Morgan fingerprint density at radius 1 is 1.00 bits per heavy atom. The first-order valence-corrected chi connectivity index (χ1v) is 13.1. The minimum atomic E-state index is -1.69. The van der Waals surface area contributed by atoms with Crippen molar-refractivity contribution in [2.75, 3.05) is 0 Å². The summed E-state index contributed by atoms with van der Waals surface area (Å²) >= 11 is 6.13. The Kier molecular flexibility index (Phi) is 10.7. The number of hydrogen-bond acceptors (Lipinski definition) is 1. The van der Waals surface area contributed by atoms with E-state index in [0.717, 1.165) is 17.9 Å². The molecule has 0 aromatic heterocycles. The molecule has 1 rings (SSSR count). The number of halogens is 1. The Morgan fingerprint density at radius 3 is 2.08 bits per heavy atom. The van der Waals surface area contributed by atoms with Crippen molar-refractivity contribution in [3.05, 3.63) is 46.5 Å². The lowest BCUT2D eigenvalue weighted by Gasteiger charge is -2.35. The molecule has 0 saturated carbocycles. The molecular formula is C22H37ClOSi. The van der Waals surface area contributed by atoms with Crippen molar-refractivity contribution in [2.45, 2.75) is 91.0 Å². The van der Waals surface area contributed by atoms with Gasteiger partial charge in [-0.1, -0.05) is 77.3 Å². The van der Waals surface area contributed by atoms with Crippen LogP contribution < -0.4 is 0 Å². The first-order chi connectivity index (χ1) is 12.1. The average molecular weight is 381 g/mol. The van der Waals surface area contributed by atoms with Crippen LogP contribution >= 0.6 is 11.6 Å². The maximum atomic E-state index is 7.00. The molecule has 1 unspecified atom stereocenters. The van der Waals surface area contributed by atoms with Crippen molar-refractivity contribution in [1.29, 1.82) is 0 Å². The van der Waals surface area contributed by atoms with E-state index < -0.39 is 8.32 Å². The zero-order valence-electron chi connectivity index (χ0n) is 16.9. The van der Waals surface area contributed by atoms with E-state index in [1.807, 2.05) is 12.1 Å². The van der Waals surface area contributed by atoms with Crippen LogP contribution in [0.25, 0.3) is 0 Å². The second-order valence-electron chi connectivity index (χ2n) is 6.96. The minimum absolute atomic E-state index is 0.0990. The largest absolute Gasteiger partial charge is 0.406 e. The van der Waals surface area contributed by atoms with Crippen LogP contribution in [0.3, 0.4) is 0 Å². The molecule has 0 radical (unpaired) electrons. The van der Waals surface area contributed by atoms with Crippen LogP contribution in [-0.2, 0) is 4.43 Å². The summed E-state index contributed by atoms with van der Waals surface area (Å²) in [6.45, 7) is 11.4. The lowest BCUT2D eigenvalue weighted by Crippen LogP contribution is -2.37. The Balaban J connectivity index is 3.25. The second-order valence-corrected chi connectivity index (χ2v) is 12.1. The molecule has 0 N–H and O–H groups in total. The molecule has 3 heteroatoms. The zero-order valence-corrected chi connectivity index (χ0v) is 18.7. The van der Waals surface area contributed by atoms with Gasteiger partial charge in [0.2, 0.25) is 0 Å². The van der Waals surface area contributed by atoms with Crippen molar-refractivity contribution >= 4 is 19.9 Å². The van der Waals surface area contributed by atoms with Gasteiger partial charge < -0.3 is 4.43 Å². The summed E-state index contributed by atoms with van der Waals surface area (Å²) in [5, 5.41) is 0.792. The van der Waals surface area contributed by atoms with Gasteiger partial charge in [0.25, 0.3) is 0 Å². The van der Waals surface area contributed by atoms with E-state index in [0.29, 0.717) is 0 Å². The summed E-state index contributed by atoms with van der Waals surface area (Å²) in [6, 6.07) is 11.8. The molecule has 0 aliphatic carbocycles. The maximum absolute atomic E-state index is 7.00. The van der Waals surface area contributed by atoms with Crippen molar-refractivity contribution in [2.24, 2.45) is 0 Å². The molecule has 0 amide bonds. The van der Waals surface area contributed by atoms with E-state index in [1.54, 1.807) is 0 Å². The number of unbranched alkanes of at least 4 members (excludes halogenated alkanes) is 2. The smallest absolute Gasteiger partial charge is 0.193 e. The minimum Gasteiger partial charge on any atom is -0.406 e. The third kappa shape index (κ3) is 6.92. The van der Waals surface area contributed by atoms with Crippen LogP contribution in [0, 0.1) is 0 Å². The molecule has 1 aromatic rings. The van der Waals surface area contributed by atoms with Gasteiger partial charge in [0.1, 0.15) is 0 Å². The maximum Gasteiger partial charge on any atom is 0.193 e. The van der Waals surface area contributed by atoms with Crippen molar-refractivity contribution < 1.29 is 4.43 Å². The number of allylic oxidation sites excluding steroid dienone is 1. The highest BCUT2D eigenvalue weighted by atomic mass is 35.5. The molecule has 0 aliphatic heterocycles. The Bertz CT molecular complexity index is 497. The molecular weight excluding hydrogens is 344 g/mol. The fraction of sp³-hybridized carbons (Fsp3) is 0.636. The van der Waals surface area contributed by atoms with Gasteiger partial charge >= 0.3 is 0 Å². The number of rotatable bonds is 12. The van der Waals surface area contributed by atoms with Gasteiger partial charge in [0, 0.05) is 5.02 Å². The molecule has 0 saturated heterocycles. The van der Waals surface area contributed by atoms with Crippen molar-refractivity contribution in [3.8, 4) is 0 Å². The standard InChI is InChI=1S/C22H37ClOSi/c1-6-11-13-19(14-12-7-2)22(20-15-17-21(23)18-16-20)24-25(8-3,9-4)10-5/h13,15-18,22H,6-12,14H2,1-5H3/b19-13-. The van der Waals surface area contributed by atoms with Gasteiger partial charge in [-0.3, -0.25) is 0 Å². The molecule has 0 bridgehead atoms. The summed E-state index contributed by atoms with van der Waals surface area (Å²) in [6.07, 6.45) is 8.42. The fourth-order valence-electron chi connectivity index (χ4n) is 3.30. The normalized spacial score (nSPS) is 13.9. The SMILES string of the molecule is CCC/C=C(/CCCC)C(O[Si](CC)(CC)CC)c1ccc(Cl)cc1. The van der Waals surface area contributed by atoms with E-state index in [1.165, 1.54) is 48.5 Å². The molecule has 1 aromatic carbocycles. The first-order valence-electron chi connectivity index (χ1n) is 10.2. The first kappa shape index (κ1) is 22.5. The highest BCUT2D eigenvalue weighted by Gasteiger charge is 2.33. The highest BCUT2D eigenvalue weighted by molar-refractivity contribution is 6.73. The predicted molar refractivity (Wildman–Crippen MR) is 115 cm³/mol. The van der Waals surface area contributed by atoms with E-state index >= 15 is 0 Å². The van der Waals surface area contributed by atoms with Crippen LogP contribution in [0.5, 0.6) is 0 Å². The summed E-state index contributed by atoms with van der Waals surface area (Å²) in [5.41, 5.74) is 2.73. The predicted octanol–water partition coefficient (Wildman–Crippen LogP) is 8.32. The van der Waals surface area contributed by atoms with E-state index in [2.05, 4.69) is 52.8 Å². The third-order valence-corrected chi connectivity index (χ3v) is 10.2. The van der Waals surface area contributed by atoms with Crippen LogP contribution in [-0.4, -0.2) is 8.32 Å². The molecule has 0 fully saturated rings. The summed E-state index contributed by atoms with van der Waals surface area (Å²) in [7, 11) is -1.69. The van der Waals surface area contributed by atoms with E-state index in [-0.39, 0.29) is 6.10 Å². The van der Waals surface area contributed by atoms with Gasteiger partial charge in [-0.2, -0.15) is 0 Å². The van der Waals surface area contributed by atoms with Crippen molar-refractivity contribution in [3.63, 3.8) is 0 Å². The Hall–Kier alpha value is -0.573. The molecule has 0 spiro atoms. The molecule has 25 heavy (non-hydrogen) atoms. The molecule has 1 atom stereocenters. The summed E-state index contributed by atoms with van der Waals surface area (Å²) in [5.74, 6) is 0. The quantitative estimate of drug-likeness (QED) is 0.261. The zero-order chi connectivity index (χ0) is 18.7. The topological polar surface area (TPSA) is 9.23 Å². The Labute approximate surface area is 162 Å². The monoisotopic (exact) mass is 380 g/mol. The van der Waals surface area contributed by atoms with Gasteiger partial charge in [-0.25, -0.2) is 0 Å². The van der Waals surface area contributed by atoms with Gasteiger partial charge in [-0.05, 0) is 60.7 Å². The molecule has 0 aliphatic rings.